The van der Waals surface area contributed by atoms with E-state index in [-0.39, 0.29) is 0 Å². The molecule has 0 saturated carbocycles. The van der Waals surface area contributed by atoms with Crippen LogP contribution in [0.5, 0.6) is 0 Å². The van der Waals surface area contributed by atoms with Gasteiger partial charge in [-0.1, -0.05) is 0 Å². The second-order valence-corrected chi connectivity index (χ2v) is 18.8. The van der Waals surface area contributed by atoms with E-state index in [1.807, 2.05) is 0 Å². The molecule has 61 valence electrons. The van der Waals surface area contributed by atoms with Crippen LogP contribution in [0.1, 0.15) is 0 Å². The number of hydrogen-bond acceptors (Lipinski definition) is 0. The zero-order valence-corrected chi connectivity index (χ0v) is 9.45. The van der Waals surface area contributed by atoms with Crippen LogP contribution in [0.25, 0.3) is 0 Å². The van der Waals surface area contributed by atoms with E-state index in [4.69, 9.17) is 0 Å². The Morgan fingerprint density at radius 2 is 1.27 bits per heavy atom. The Hall–Kier alpha value is -0.0657. The van der Waals surface area contributed by atoms with Crippen molar-refractivity contribution in [3.63, 3.8) is 0 Å². The summed E-state index contributed by atoms with van der Waals surface area (Å²) in [6.45, 7) is 0. The summed E-state index contributed by atoms with van der Waals surface area (Å²) in [5.41, 5.74) is 0. The Balaban J connectivity index is 3.14. The van der Waals surface area contributed by atoms with Crippen molar-refractivity contribution in [1.82, 2.24) is 0 Å². The molecule has 1 aromatic rings. The molecule has 0 nitrogen and oxygen atoms in total. The standard InChI is InChI=1S/C6H5.4CH3.Ti/c1-2-4-6-5-3-1;;;;;/h1-5H;4*1H3;. The van der Waals surface area contributed by atoms with Crippen LogP contribution >= 0.6 is 0 Å². The first-order chi connectivity index (χ1) is 4.86. The van der Waals surface area contributed by atoms with Crippen molar-refractivity contribution in [1.29, 1.82) is 0 Å². The van der Waals surface area contributed by atoms with Gasteiger partial charge in [0.05, 0.1) is 0 Å². The summed E-state index contributed by atoms with van der Waals surface area (Å²) < 4.78 is 1.57. The van der Waals surface area contributed by atoms with Gasteiger partial charge >= 0.3 is 70.4 Å². The molecule has 0 amide bonds. The third-order valence-corrected chi connectivity index (χ3v) is 6.06. The molecule has 0 unspecified atom stereocenters. The molecule has 0 aliphatic heterocycles. The summed E-state index contributed by atoms with van der Waals surface area (Å²) in [5.74, 6) is 0. The van der Waals surface area contributed by atoms with Gasteiger partial charge in [-0.2, -0.15) is 0 Å². The van der Waals surface area contributed by atoms with Crippen LogP contribution in [0.15, 0.2) is 30.3 Å². The minimum absolute atomic E-state index is 1.57. The van der Waals surface area contributed by atoms with Gasteiger partial charge in [-0.05, 0) is 0 Å². The molecule has 0 radical (unpaired) electrons. The van der Waals surface area contributed by atoms with Crippen molar-refractivity contribution in [3.8, 4) is 0 Å². The summed E-state index contributed by atoms with van der Waals surface area (Å²) in [4.78, 5) is 0. The fraction of sp³-hybridized carbons (Fsp3) is 0.400. The van der Waals surface area contributed by atoms with Crippen LogP contribution in [-0.4, -0.2) is 0 Å². The molecule has 0 aliphatic rings. The minimum atomic E-state index is -2.14. The first-order valence-corrected chi connectivity index (χ1v) is 11.2. The van der Waals surface area contributed by atoms with Crippen molar-refractivity contribution in [3.05, 3.63) is 30.3 Å². The van der Waals surface area contributed by atoms with E-state index in [9.17, 15) is 0 Å². The quantitative estimate of drug-likeness (QED) is 0.589. The second kappa shape index (κ2) is 2.47. The van der Waals surface area contributed by atoms with E-state index < -0.39 is 15.3 Å². The van der Waals surface area contributed by atoms with Gasteiger partial charge in [-0.15, -0.1) is 0 Å². The fourth-order valence-corrected chi connectivity index (χ4v) is 3.49. The van der Waals surface area contributed by atoms with Crippen molar-refractivity contribution in [2.24, 2.45) is 0 Å². The summed E-state index contributed by atoms with van der Waals surface area (Å²) in [6.07, 6.45) is 0. The molecule has 0 N–H and O–H groups in total. The second-order valence-electron chi connectivity index (χ2n) is 5.37. The summed E-state index contributed by atoms with van der Waals surface area (Å²) in [7, 11) is 0. The molecular formula is C10H17Ti. The Kier molecular flexibility index (Phi) is 2.02. The predicted octanol–water partition coefficient (Wildman–Crippen LogP) is 3.19. The van der Waals surface area contributed by atoms with Crippen molar-refractivity contribution in [2.75, 3.05) is 0 Å². The van der Waals surface area contributed by atoms with Gasteiger partial charge in [0, 0.05) is 0 Å². The summed E-state index contributed by atoms with van der Waals surface area (Å²) >= 11 is -2.14. The van der Waals surface area contributed by atoms with Crippen LogP contribution in [0, 0.1) is 0 Å². The SMILES string of the molecule is [CH3][Ti]([CH3])([CH3])([CH3])[c]1ccccc1. The van der Waals surface area contributed by atoms with Crippen LogP contribution in [0.4, 0.5) is 0 Å². The molecule has 0 saturated heterocycles. The maximum absolute atomic E-state index is 2.44. The average Bonchev–Trinajstić information content (AvgIpc) is 1.86. The predicted molar refractivity (Wildman–Crippen MR) is 49.5 cm³/mol. The molecule has 1 aromatic carbocycles. The van der Waals surface area contributed by atoms with Crippen LogP contribution < -0.4 is 3.87 Å². The van der Waals surface area contributed by atoms with Crippen molar-refractivity contribution >= 4 is 3.87 Å². The van der Waals surface area contributed by atoms with E-state index in [0.717, 1.165) is 0 Å². The first-order valence-electron chi connectivity index (χ1n) is 4.16. The maximum atomic E-state index is 2.44. The Bertz CT molecular complexity index is 231. The van der Waals surface area contributed by atoms with E-state index in [2.05, 4.69) is 51.2 Å². The van der Waals surface area contributed by atoms with Gasteiger partial charge < -0.3 is 0 Å². The van der Waals surface area contributed by atoms with Crippen LogP contribution in [0.3, 0.4) is 0 Å². The third-order valence-electron chi connectivity index (χ3n) is 1.93. The molecule has 0 bridgehead atoms. The monoisotopic (exact) mass is 185 g/mol. The molecule has 0 fully saturated rings. The summed E-state index contributed by atoms with van der Waals surface area (Å²) in [5, 5.41) is 9.75. The first kappa shape index (κ1) is 9.03. The zero-order chi connectivity index (χ0) is 8.56. The molecule has 0 spiro atoms. The Morgan fingerprint density at radius 3 is 1.55 bits per heavy atom. The molecule has 1 heteroatoms. The van der Waals surface area contributed by atoms with Crippen LogP contribution in [0.2, 0.25) is 20.9 Å². The molecule has 0 aromatic heterocycles. The molecule has 0 aliphatic carbocycles. The van der Waals surface area contributed by atoms with Crippen molar-refractivity contribution < 1.29 is 15.3 Å². The molecule has 0 heterocycles. The molecule has 0 atom stereocenters. The molecule has 11 heavy (non-hydrogen) atoms. The zero-order valence-electron chi connectivity index (χ0n) is 7.89. The van der Waals surface area contributed by atoms with Crippen molar-refractivity contribution in [2.45, 2.75) is 20.9 Å². The van der Waals surface area contributed by atoms with Gasteiger partial charge in [-0.3, -0.25) is 0 Å². The summed E-state index contributed by atoms with van der Waals surface area (Å²) in [6, 6.07) is 10.9. The van der Waals surface area contributed by atoms with E-state index in [0.29, 0.717) is 0 Å². The van der Waals surface area contributed by atoms with Gasteiger partial charge in [0.1, 0.15) is 0 Å². The van der Waals surface area contributed by atoms with Gasteiger partial charge in [-0.25, -0.2) is 0 Å². The Morgan fingerprint density at radius 1 is 0.818 bits per heavy atom. The number of hydrogen-bond donors (Lipinski definition) is 0. The van der Waals surface area contributed by atoms with Gasteiger partial charge in [0.25, 0.3) is 0 Å². The van der Waals surface area contributed by atoms with Gasteiger partial charge in [0.15, 0.2) is 0 Å². The third kappa shape index (κ3) is 2.46. The van der Waals surface area contributed by atoms with Gasteiger partial charge in [0.2, 0.25) is 0 Å². The molecule has 1 rings (SSSR count). The normalized spacial score (nSPS) is 15.5. The van der Waals surface area contributed by atoms with E-state index in [1.165, 1.54) is 0 Å². The van der Waals surface area contributed by atoms with E-state index >= 15 is 0 Å². The fourth-order valence-electron chi connectivity index (χ4n) is 1.10. The van der Waals surface area contributed by atoms with Crippen LogP contribution in [-0.2, 0) is 15.3 Å². The molecular weight excluding hydrogens is 168 g/mol. The number of benzene rings is 1. The number of rotatable bonds is 1. The van der Waals surface area contributed by atoms with E-state index in [1.54, 1.807) is 3.87 Å². The topological polar surface area (TPSA) is 0 Å². The Labute approximate surface area is 70.5 Å². The average molecular weight is 185 g/mol.